The third-order valence-electron chi connectivity index (χ3n) is 2.05. The molecule has 1 saturated heterocycles. The van der Waals surface area contributed by atoms with Gasteiger partial charge in [-0.05, 0) is 32.5 Å². The zero-order valence-corrected chi connectivity index (χ0v) is 10.8. The molecule has 1 heterocycles. The molecule has 0 bridgehead atoms. The SMILES string of the molecule is CCNCCN1CCCC1.[Br-].[Br-]. The van der Waals surface area contributed by atoms with Crippen LogP contribution in [0.1, 0.15) is 19.8 Å². The fourth-order valence-electron chi connectivity index (χ4n) is 1.42. The monoisotopic (exact) mass is 300 g/mol. The molecular formula is C8H18Br2N2-2. The highest BCUT2D eigenvalue weighted by Crippen LogP contribution is 2.05. The maximum Gasteiger partial charge on any atom is 0.0107 e. The maximum atomic E-state index is 3.33. The van der Waals surface area contributed by atoms with Gasteiger partial charge in [0.25, 0.3) is 0 Å². The summed E-state index contributed by atoms with van der Waals surface area (Å²) in [5, 5.41) is 3.33. The molecule has 0 aromatic heterocycles. The fraction of sp³-hybridized carbons (Fsp3) is 1.00. The van der Waals surface area contributed by atoms with Gasteiger partial charge in [0.1, 0.15) is 0 Å². The molecule has 1 aliphatic rings. The van der Waals surface area contributed by atoms with Gasteiger partial charge in [0.15, 0.2) is 0 Å². The minimum absolute atomic E-state index is 0. The normalized spacial score (nSPS) is 16.8. The number of nitrogens with one attached hydrogen (secondary N) is 1. The minimum atomic E-state index is 0. The van der Waals surface area contributed by atoms with Crippen molar-refractivity contribution >= 4 is 0 Å². The van der Waals surface area contributed by atoms with Crippen molar-refractivity contribution in [3.63, 3.8) is 0 Å². The van der Waals surface area contributed by atoms with E-state index in [4.69, 9.17) is 0 Å². The van der Waals surface area contributed by atoms with E-state index in [1.54, 1.807) is 0 Å². The number of likely N-dealkylation sites (N-methyl/N-ethyl adjacent to an activating group) is 1. The molecule has 76 valence electrons. The van der Waals surface area contributed by atoms with Crippen LogP contribution in [0, 0.1) is 0 Å². The molecule has 1 fully saturated rings. The first kappa shape index (κ1) is 15.4. The van der Waals surface area contributed by atoms with E-state index in [1.165, 1.54) is 32.5 Å². The third kappa shape index (κ3) is 6.40. The molecule has 0 aliphatic carbocycles. The van der Waals surface area contributed by atoms with E-state index in [2.05, 4.69) is 17.1 Å². The van der Waals surface area contributed by atoms with E-state index in [0.29, 0.717) is 0 Å². The first-order chi connectivity index (χ1) is 4.93. The summed E-state index contributed by atoms with van der Waals surface area (Å²) < 4.78 is 0. The molecule has 1 rings (SSSR count). The molecule has 2 nitrogen and oxygen atoms in total. The first-order valence-corrected chi connectivity index (χ1v) is 4.36. The molecule has 0 radical (unpaired) electrons. The summed E-state index contributed by atoms with van der Waals surface area (Å²) >= 11 is 0. The van der Waals surface area contributed by atoms with Gasteiger partial charge < -0.3 is 44.2 Å². The van der Waals surface area contributed by atoms with Crippen molar-refractivity contribution < 1.29 is 34.0 Å². The highest BCUT2D eigenvalue weighted by Gasteiger charge is 2.09. The van der Waals surface area contributed by atoms with Gasteiger partial charge in [-0.15, -0.1) is 0 Å². The number of likely N-dealkylation sites (tertiary alicyclic amines) is 1. The number of hydrogen-bond acceptors (Lipinski definition) is 2. The van der Waals surface area contributed by atoms with Crippen molar-refractivity contribution in [3.05, 3.63) is 0 Å². The standard InChI is InChI=1S/C8H18N2.2BrH/c1-2-9-5-8-10-6-3-4-7-10;;/h9H,2-8H2,1H3;2*1H/p-2. The Morgan fingerprint density at radius 3 is 2.25 bits per heavy atom. The quantitative estimate of drug-likeness (QED) is 0.522. The molecule has 4 heteroatoms. The second-order valence-corrected chi connectivity index (χ2v) is 2.90. The zero-order valence-electron chi connectivity index (χ0n) is 7.65. The van der Waals surface area contributed by atoms with Gasteiger partial charge in [0.05, 0.1) is 0 Å². The van der Waals surface area contributed by atoms with Gasteiger partial charge >= 0.3 is 0 Å². The number of halogens is 2. The molecule has 0 saturated carbocycles. The predicted molar refractivity (Wildman–Crippen MR) is 44.2 cm³/mol. The Morgan fingerprint density at radius 1 is 1.17 bits per heavy atom. The zero-order chi connectivity index (χ0) is 7.23. The van der Waals surface area contributed by atoms with Crippen LogP contribution in [0.5, 0.6) is 0 Å². The number of hydrogen-bond donors (Lipinski definition) is 1. The van der Waals surface area contributed by atoms with Crippen LogP contribution in [0.3, 0.4) is 0 Å². The van der Waals surface area contributed by atoms with Gasteiger partial charge in [0, 0.05) is 13.1 Å². The van der Waals surface area contributed by atoms with Crippen LogP contribution in [0.15, 0.2) is 0 Å². The van der Waals surface area contributed by atoms with Crippen LogP contribution >= 0.6 is 0 Å². The molecule has 0 unspecified atom stereocenters. The molecule has 0 atom stereocenters. The van der Waals surface area contributed by atoms with Crippen LogP contribution in [-0.2, 0) is 0 Å². The summed E-state index contributed by atoms with van der Waals surface area (Å²) in [6, 6.07) is 0. The summed E-state index contributed by atoms with van der Waals surface area (Å²) in [6.45, 7) is 8.32. The van der Waals surface area contributed by atoms with Crippen LogP contribution in [0.2, 0.25) is 0 Å². The average Bonchev–Trinajstić information content (AvgIpc) is 2.41. The molecule has 12 heavy (non-hydrogen) atoms. The third-order valence-corrected chi connectivity index (χ3v) is 2.05. The fourth-order valence-corrected chi connectivity index (χ4v) is 1.42. The van der Waals surface area contributed by atoms with Gasteiger partial charge in [0.2, 0.25) is 0 Å². The predicted octanol–water partition coefficient (Wildman–Crippen LogP) is -5.30. The van der Waals surface area contributed by atoms with Crippen molar-refractivity contribution in [1.29, 1.82) is 0 Å². The van der Waals surface area contributed by atoms with Crippen LogP contribution in [-0.4, -0.2) is 37.6 Å². The smallest absolute Gasteiger partial charge is 0.0107 e. The maximum absolute atomic E-state index is 3.33. The number of rotatable bonds is 4. The molecule has 1 N–H and O–H groups in total. The lowest BCUT2D eigenvalue weighted by molar-refractivity contribution is -0.001000. The highest BCUT2D eigenvalue weighted by molar-refractivity contribution is 4.66. The Morgan fingerprint density at radius 2 is 1.75 bits per heavy atom. The van der Waals surface area contributed by atoms with Crippen LogP contribution in [0.25, 0.3) is 0 Å². The lowest BCUT2D eigenvalue weighted by Crippen LogP contribution is -3.00. The Bertz CT molecular complexity index is 85.1. The summed E-state index contributed by atoms with van der Waals surface area (Å²) in [6.07, 6.45) is 2.82. The van der Waals surface area contributed by atoms with Crippen LogP contribution in [0.4, 0.5) is 0 Å². The molecule has 1 aliphatic heterocycles. The molecule has 0 amide bonds. The molecule has 0 aromatic carbocycles. The van der Waals surface area contributed by atoms with E-state index in [9.17, 15) is 0 Å². The second kappa shape index (κ2) is 9.96. The van der Waals surface area contributed by atoms with Crippen molar-refractivity contribution in [3.8, 4) is 0 Å². The minimum Gasteiger partial charge on any atom is -1.00 e. The summed E-state index contributed by atoms with van der Waals surface area (Å²) in [5.74, 6) is 0. The Balaban J connectivity index is 0. The first-order valence-electron chi connectivity index (χ1n) is 4.36. The van der Waals surface area contributed by atoms with E-state index in [0.717, 1.165) is 13.1 Å². The molecule has 0 spiro atoms. The topological polar surface area (TPSA) is 15.3 Å². The van der Waals surface area contributed by atoms with E-state index < -0.39 is 0 Å². The summed E-state index contributed by atoms with van der Waals surface area (Å²) in [5.41, 5.74) is 0. The van der Waals surface area contributed by atoms with Crippen molar-refractivity contribution in [2.75, 3.05) is 32.7 Å². The van der Waals surface area contributed by atoms with E-state index in [-0.39, 0.29) is 34.0 Å². The Kier molecular flexibility index (Phi) is 12.8. The van der Waals surface area contributed by atoms with Crippen molar-refractivity contribution in [1.82, 2.24) is 10.2 Å². The van der Waals surface area contributed by atoms with Crippen LogP contribution < -0.4 is 39.3 Å². The summed E-state index contributed by atoms with van der Waals surface area (Å²) in [7, 11) is 0. The van der Waals surface area contributed by atoms with Gasteiger partial charge in [-0.25, -0.2) is 0 Å². The van der Waals surface area contributed by atoms with Gasteiger partial charge in [-0.3, -0.25) is 0 Å². The van der Waals surface area contributed by atoms with Crippen molar-refractivity contribution in [2.45, 2.75) is 19.8 Å². The Hall–Kier alpha value is 0.880. The Labute approximate surface area is 96.6 Å². The van der Waals surface area contributed by atoms with Crippen molar-refractivity contribution in [2.24, 2.45) is 0 Å². The molecular weight excluding hydrogens is 284 g/mol. The molecule has 0 aromatic rings. The lowest BCUT2D eigenvalue weighted by atomic mass is 10.4. The second-order valence-electron chi connectivity index (χ2n) is 2.90. The summed E-state index contributed by atoms with van der Waals surface area (Å²) in [4.78, 5) is 2.53. The number of nitrogens with zero attached hydrogens (tertiary/aromatic N) is 1. The van der Waals surface area contributed by atoms with Gasteiger partial charge in [-0.2, -0.15) is 0 Å². The average molecular weight is 302 g/mol. The highest BCUT2D eigenvalue weighted by atomic mass is 79.9. The van der Waals surface area contributed by atoms with E-state index in [1.807, 2.05) is 0 Å². The largest absolute Gasteiger partial charge is 1.00 e. The lowest BCUT2D eigenvalue weighted by Gasteiger charge is -2.13. The van der Waals surface area contributed by atoms with Gasteiger partial charge in [-0.1, -0.05) is 6.92 Å². The van der Waals surface area contributed by atoms with E-state index >= 15 is 0 Å².